The lowest BCUT2D eigenvalue weighted by Crippen LogP contribution is -2.12. The second kappa shape index (κ2) is 4.91. The second-order valence-electron chi connectivity index (χ2n) is 2.54. The topological polar surface area (TPSA) is 105 Å². The van der Waals surface area contributed by atoms with Crippen LogP contribution in [0.5, 0.6) is 0 Å². The lowest BCUT2D eigenvalue weighted by atomic mass is 10.2. The van der Waals surface area contributed by atoms with E-state index in [-0.39, 0.29) is 17.9 Å². The van der Waals surface area contributed by atoms with Gasteiger partial charge in [-0.25, -0.2) is 4.79 Å². The van der Waals surface area contributed by atoms with Gasteiger partial charge in [0.2, 0.25) is 0 Å². The number of nitrogens with two attached hydrogens (primary N) is 1. The summed E-state index contributed by atoms with van der Waals surface area (Å²) in [6.45, 7) is -0.257. The third kappa shape index (κ3) is 2.92. The average Bonchev–Trinajstić information content (AvgIpc) is 2.26. The molecule has 7 nitrogen and oxygen atoms in total. The van der Waals surface area contributed by atoms with Gasteiger partial charge in [-0.15, -0.1) is 0 Å². The van der Waals surface area contributed by atoms with Crippen LogP contribution in [0, 0.1) is 10.1 Å². The van der Waals surface area contributed by atoms with Gasteiger partial charge in [-0.05, 0) is 6.07 Å². The molecule has 0 radical (unpaired) electrons. The van der Waals surface area contributed by atoms with Crippen molar-refractivity contribution < 1.29 is 19.3 Å². The predicted molar refractivity (Wildman–Crippen MR) is 48.6 cm³/mol. The van der Waals surface area contributed by atoms with Crippen molar-refractivity contribution >= 4 is 11.8 Å². The van der Waals surface area contributed by atoms with E-state index in [9.17, 15) is 14.9 Å². The summed E-state index contributed by atoms with van der Waals surface area (Å²) in [6.07, 6.45) is -1.09. The number of nitrogens with zero attached hydrogens (tertiary/aromatic N) is 1. The molecule has 1 aromatic carbocycles. The summed E-state index contributed by atoms with van der Waals surface area (Å²) in [5, 5.41) is 10.5. The van der Waals surface area contributed by atoms with Gasteiger partial charge in [0, 0.05) is 6.07 Å². The minimum absolute atomic E-state index is 0.123. The number of carbonyl (C=O) groups is 1. The molecule has 2 N–H and O–H groups in total. The van der Waals surface area contributed by atoms with E-state index in [0.717, 1.165) is 0 Å². The molecule has 0 unspecified atom stereocenters. The first kappa shape index (κ1) is 10.9. The molecule has 80 valence electrons. The average molecular weight is 212 g/mol. The SMILES string of the molecule is NOC(=O)OCc1ccccc1[N+](=O)[O-]. The fourth-order valence-corrected chi connectivity index (χ4v) is 0.982. The first-order chi connectivity index (χ1) is 7.15. The minimum Gasteiger partial charge on any atom is -0.428 e. The number of hydrogen-bond donors (Lipinski definition) is 1. The molecule has 0 saturated carbocycles. The van der Waals surface area contributed by atoms with Crippen molar-refractivity contribution in [2.24, 2.45) is 5.90 Å². The van der Waals surface area contributed by atoms with Crippen molar-refractivity contribution in [1.29, 1.82) is 0 Å². The van der Waals surface area contributed by atoms with Gasteiger partial charge in [0.05, 0.1) is 10.5 Å². The molecular weight excluding hydrogens is 204 g/mol. The van der Waals surface area contributed by atoms with Crippen LogP contribution in [0.3, 0.4) is 0 Å². The number of ether oxygens (including phenoxy) is 1. The van der Waals surface area contributed by atoms with E-state index < -0.39 is 11.1 Å². The third-order valence-electron chi connectivity index (χ3n) is 1.63. The van der Waals surface area contributed by atoms with Crippen molar-refractivity contribution in [2.45, 2.75) is 6.61 Å². The van der Waals surface area contributed by atoms with E-state index in [1.54, 1.807) is 6.07 Å². The summed E-state index contributed by atoms with van der Waals surface area (Å²) in [4.78, 5) is 24.3. The Labute approximate surface area is 84.5 Å². The maximum atomic E-state index is 10.5. The Kier molecular flexibility index (Phi) is 3.58. The Bertz CT molecular complexity index is 379. The molecule has 7 heteroatoms. The Morgan fingerprint density at radius 1 is 1.47 bits per heavy atom. The molecule has 0 atom stereocenters. The molecule has 0 amide bonds. The van der Waals surface area contributed by atoms with Crippen LogP contribution in [0.2, 0.25) is 0 Å². The normalized spacial score (nSPS) is 9.40. The second-order valence-corrected chi connectivity index (χ2v) is 2.54. The molecular formula is C8H8N2O5. The molecule has 0 heterocycles. The van der Waals surface area contributed by atoms with Crippen molar-refractivity contribution in [3.63, 3.8) is 0 Å². The van der Waals surface area contributed by atoms with Crippen molar-refractivity contribution in [3.05, 3.63) is 39.9 Å². The van der Waals surface area contributed by atoms with Crippen molar-refractivity contribution in [2.75, 3.05) is 0 Å². The maximum absolute atomic E-state index is 10.5. The molecule has 0 fully saturated rings. The van der Waals surface area contributed by atoms with Gasteiger partial charge in [0.15, 0.2) is 0 Å². The van der Waals surface area contributed by atoms with Crippen LogP contribution < -0.4 is 5.90 Å². The molecule has 0 spiro atoms. The van der Waals surface area contributed by atoms with Crippen LogP contribution >= 0.6 is 0 Å². The lowest BCUT2D eigenvalue weighted by Gasteiger charge is -2.02. The fraction of sp³-hybridized carbons (Fsp3) is 0.125. The van der Waals surface area contributed by atoms with Crippen LogP contribution in [0.15, 0.2) is 24.3 Å². The highest BCUT2D eigenvalue weighted by molar-refractivity contribution is 5.59. The Morgan fingerprint density at radius 2 is 2.13 bits per heavy atom. The monoisotopic (exact) mass is 212 g/mol. The minimum atomic E-state index is -1.09. The van der Waals surface area contributed by atoms with E-state index >= 15 is 0 Å². The van der Waals surface area contributed by atoms with E-state index in [1.165, 1.54) is 18.2 Å². The number of benzene rings is 1. The van der Waals surface area contributed by atoms with Crippen molar-refractivity contribution in [1.82, 2.24) is 0 Å². The van der Waals surface area contributed by atoms with Gasteiger partial charge in [0.25, 0.3) is 5.69 Å². The molecule has 1 aromatic rings. The zero-order chi connectivity index (χ0) is 11.3. The molecule has 15 heavy (non-hydrogen) atoms. The van der Waals surface area contributed by atoms with Crippen LogP contribution in [-0.4, -0.2) is 11.1 Å². The zero-order valence-corrected chi connectivity index (χ0v) is 7.58. The Morgan fingerprint density at radius 3 is 2.73 bits per heavy atom. The number of rotatable bonds is 3. The van der Waals surface area contributed by atoms with Crippen LogP contribution in [0.1, 0.15) is 5.56 Å². The summed E-state index contributed by atoms with van der Waals surface area (Å²) >= 11 is 0. The van der Waals surface area contributed by atoms with Gasteiger partial charge in [0.1, 0.15) is 6.61 Å². The quantitative estimate of drug-likeness (QED) is 0.457. The molecule has 0 aromatic heterocycles. The summed E-state index contributed by atoms with van der Waals surface area (Å²) < 4.78 is 4.48. The molecule has 0 aliphatic carbocycles. The Balaban J connectivity index is 2.76. The number of hydrogen-bond acceptors (Lipinski definition) is 6. The smallest absolute Gasteiger partial charge is 0.428 e. The van der Waals surface area contributed by atoms with Gasteiger partial charge in [-0.2, -0.15) is 5.90 Å². The lowest BCUT2D eigenvalue weighted by molar-refractivity contribution is -0.385. The first-order valence-corrected chi connectivity index (χ1v) is 3.91. The van der Waals surface area contributed by atoms with Crippen LogP contribution in [0.25, 0.3) is 0 Å². The molecule has 0 aliphatic rings. The van der Waals surface area contributed by atoms with Gasteiger partial charge >= 0.3 is 6.16 Å². The van der Waals surface area contributed by atoms with Crippen LogP contribution in [-0.2, 0) is 16.2 Å². The summed E-state index contributed by atoms with van der Waals surface area (Å²) in [6, 6.07) is 5.90. The summed E-state index contributed by atoms with van der Waals surface area (Å²) in [5.41, 5.74) is 0.148. The Hall–Kier alpha value is -2.15. The highest BCUT2D eigenvalue weighted by Gasteiger charge is 2.13. The van der Waals surface area contributed by atoms with E-state index in [4.69, 9.17) is 0 Å². The van der Waals surface area contributed by atoms with Gasteiger partial charge in [-0.1, -0.05) is 12.1 Å². The highest BCUT2D eigenvalue weighted by atomic mass is 16.8. The zero-order valence-electron chi connectivity index (χ0n) is 7.58. The highest BCUT2D eigenvalue weighted by Crippen LogP contribution is 2.18. The van der Waals surface area contributed by atoms with E-state index in [0.29, 0.717) is 0 Å². The number of carbonyl (C=O) groups excluding carboxylic acids is 1. The third-order valence-corrected chi connectivity index (χ3v) is 1.63. The number of nitro benzene ring substituents is 1. The molecule has 1 rings (SSSR count). The number of nitro groups is 1. The first-order valence-electron chi connectivity index (χ1n) is 3.91. The van der Waals surface area contributed by atoms with E-state index in [1.807, 2.05) is 0 Å². The molecule has 0 aliphatic heterocycles. The largest absolute Gasteiger partial charge is 0.527 e. The van der Waals surface area contributed by atoms with Gasteiger partial charge in [-0.3, -0.25) is 10.1 Å². The molecule has 0 saturated heterocycles. The predicted octanol–water partition coefficient (Wildman–Crippen LogP) is 1.12. The number of para-hydroxylation sites is 1. The maximum Gasteiger partial charge on any atom is 0.527 e. The van der Waals surface area contributed by atoms with Crippen LogP contribution in [0.4, 0.5) is 10.5 Å². The van der Waals surface area contributed by atoms with E-state index in [2.05, 4.69) is 15.5 Å². The molecule has 0 bridgehead atoms. The summed E-state index contributed by atoms with van der Waals surface area (Å²) in [7, 11) is 0. The van der Waals surface area contributed by atoms with Crippen molar-refractivity contribution in [3.8, 4) is 0 Å². The summed E-state index contributed by atoms with van der Waals surface area (Å²) in [5.74, 6) is 4.53. The standard InChI is InChI=1S/C8H8N2O5/c9-15-8(11)14-5-6-3-1-2-4-7(6)10(12)13/h1-4H,5,9H2. The fourth-order valence-electron chi connectivity index (χ4n) is 0.982. The van der Waals surface area contributed by atoms with Gasteiger partial charge < -0.3 is 9.57 Å².